The monoisotopic (exact) mass is 402 g/mol. The fourth-order valence-electron chi connectivity index (χ4n) is 3.68. The molecule has 150 valence electrons. The van der Waals surface area contributed by atoms with Gasteiger partial charge in [-0.2, -0.15) is 4.31 Å². The zero-order valence-electron chi connectivity index (χ0n) is 16.1. The van der Waals surface area contributed by atoms with E-state index in [1.807, 2.05) is 0 Å². The molecule has 0 saturated carbocycles. The Labute approximate surface area is 166 Å². The number of aliphatic hydroxyl groups is 1. The summed E-state index contributed by atoms with van der Waals surface area (Å²) in [5.74, 6) is 0.329. The minimum Gasteiger partial charge on any atom is -0.392 e. The maximum atomic E-state index is 12.9. The largest absolute Gasteiger partial charge is 0.392 e. The summed E-state index contributed by atoms with van der Waals surface area (Å²) < 4.78 is 27.4. The fraction of sp³-hybridized carbons (Fsp3) is 0.381. The molecule has 28 heavy (non-hydrogen) atoms. The van der Waals surface area contributed by atoms with Gasteiger partial charge in [0.1, 0.15) is 0 Å². The lowest BCUT2D eigenvalue weighted by Crippen LogP contribution is -2.42. The lowest BCUT2D eigenvalue weighted by atomic mass is 9.94. The minimum absolute atomic E-state index is 0.107. The van der Waals surface area contributed by atoms with E-state index in [-0.39, 0.29) is 17.4 Å². The Morgan fingerprint density at radius 2 is 1.75 bits per heavy atom. The number of rotatable bonds is 5. The molecular formula is C21H26N2O4S. The number of amides is 1. The summed E-state index contributed by atoms with van der Waals surface area (Å²) in [6.07, 6.45) is 1.03. The van der Waals surface area contributed by atoms with E-state index in [9.17, 15) is 18.3 Å². The normalized spacial score (nSPS) is 20.7. The standard InChI is InChI=1S/C21H26N2O4S/c1-15-10-16(2)13-23(12-15)28(26,27)20-8-6-18(7-9-20)21(25)22-19-5-3-4-17(11-19)14-24/h3-9,11,15-16,24H,10,12-14H2,1-2H3,(H,22,25)/t15-,16-/m0/s1. The number of nitrogens with zero attached hydrogens (tertiary/aromatic N) is 1. The molecule has 0 radical (unpaired) electrons. The Bertz CT molecular complexity index is 931. The van der Waals surface area contributed by atoms with Gasteiger partial charge in [0.15, 0.2) is 0 Å². The van der Waals surface area contributed by atoms with Crippen LogP contribution in [0.25, 0.3) is 0 Å². The van der Waals surface area contributed by atoms with Gasteiger partial charge in [-0.3, -0.25) is 4.79 Å². The number of sulfonamides is 1. The summed E-state index contributed by atoms with van der Waals surface area (Å²) in [6.45, 7) is 5.07. The van der Waals surface area contributed by atoms with Gasteiger partial charge in [-0.05, 0) is 60.2 Å². The molecule has 1 heterocycles. The van der Waals surface area contributed by atoms with Crippen LogP contribution in [0.5, 0.6) is 0 Å². The molecule has 2 atom stereocenters. The quantitative estimate of drug-likeness (QED) is 0.805. The smallest absolute Gasteiger partial charge is 0.255 e. The average molecular weight is 403 g/mol. The Kier molecular flexibility index (Phi) is 6.17. The second-order valence-electron chi connectivity index (χ2n) is 7.61. The fourth-order valence-corrected chi connectivity index (χ4v) is 5.36. The molecule has 6 nitrogen and oxygen atoms in total. The molecule has 7 heteroatoms. The zero-order valence-corrected chi connectivity index (χ0v) is 16.9. The van der Waals surface area contributed by atoms with Crippen molar-refractivity contribution in [1.82, 2.24) is 4.31 Å². The molecule has 2 aromatic carbocycles. The highest BCUT2D eigenvalue weighted by Crippen LogP contribution is 2.26. The first-order chi connectivity index (χ1) is 13.3. The second-order valence-corrected chi connectivity index (χ2v) is 9.54. The Morgan fingerprint density at radius 3 is 2.36 bits per heavy atom. The van der Waals surface area contributed by atoms with Gasteiger partial charge in [0.25, 0.3) is 5.91 Å². The molecule has 0 unspecified atom stereocenters. The molecule has 1 saturated heterocycles. The summed E-state index contributed by atoms with van der Waals surface area (Å²) in [7, 11) is -3.56. The Balaban J connectivity index is 1.74. The summed E-state index contributed by atoms with van der Waals surface area (Å²) in [4.78, 5) is 12.6. The van der Waals surface area contributed by atoms with Gasteiger partial charge in [0.05, 0.1) is 11.5 Å². The van der Waals surface area contributed by atoms with Gasteiger partial charge in [0.2, 0.25) is 10.0 Å². The predicted octanol–water partition coefficient (Wildman–Crippen LogP) is 3.10. The highest BCUT2D eigenvalue weighted by Gasteiger charge is 2.31. The van der Waals surface area contributed by atoms with Gasteiger partial charge in [0, 0.05) is 24.3 Å². The van der Waals surface area contributed by atoms with E-state index in [0.29, 0.717) is 41.7 Å². The van der Waals surface area contributed by atoms with Gasteiger partial charge >= 0.3 is 0 Å². The van der Waals surface area contributed by atoms with Crippen LogP contribution in [0.1, 0.15) is 36.2 Å². The molecule has 2 aromatic rings. The van der Waals surface area contributed by atoms with Crippen molar-refractivity contribution in [3.05, 3.63) is 59.7 Å². The number of hydrogen-bond donors (Lipinski definition) is 2. The van der Waals surface area contributed by atoms with E-state index in [1.165, 1.54) is 24.3 Å². The first-order valence-electron chi connectivity index (χ1n) is 9.41. The number of hydrogen-bond acceptors (Lipinski definition) is 4. The zero-order chi connectivity index (χ0) is 20.3. The van der Waals surface area contributed by atoms with Crippen LogP contribution in [0.2, 0.25) is 0 Å². The maximum absolute atomic E-state index is 12.9. The summed E-state index contributed by atoms with van der Waals surface area (Å²) >= 11 is 0. The summed E-state index contributed by atoms with van der Waals surface area (Å²) in [5.41, 5.74) is 1.64. The topological polar surface area (TPSA) is 86.7 Å². The molecule has 1 aliphatic rings. The maximum Gasteiger partial charge on any atom is 0.255 e. The van der Waals surface area contributed by atoms with Crippen molar-refractivity contribution in [2.75, 3.05) is 18.4 Å². The highest BCUT2D eigenvalue weighted by molar-refractivity contribution is 7.89. The van der Waals surface area contributed by atoms with Gasteiger partial charge < -0.3 is 10.4 Å². The van der Waals surface area contributed by atoms with Crippen LogP contribution in [0.4, 0.5) is 5.69 Å². The molecule has 0 bridgehead atoms. The molecule has 1 aliphatic heterocycles. The molecule has 0 spiro atoms. The van der Waals surface area contributed by atoms with Gasteiger partial charge in [-0.25, -0.2) is 8.42 Å². The van der Waals surface area contributed by atoms with Crippen molar-refractivity contribution in [2.24, 2.45) is 11.8 Å². The third-order valence-electron chi connectivity index (χ3n) is 4.96. The molecule has 2 N–H and O–H groups in total. The van der Waals surface area contributed by atoms with Crippen molar-refractivity contribution in [1.29, 1.82) is 0 Å². The van der Waals surface area contributed by atoms with Gasteiger partial charge in [-0.15, -0.1) is 0 Å². The van der Waals surface area contributed by atoms with Crippen LogP contribution < -0.4 is 5.32 Å². The lowest BCUT2D eigenvalue weighted by Gasteiger charge is -2.34. The van der Waals surface area contributed by atoms with Crippen LogP contribution in [-0.4, -0.2) is 36.8 Å². The number of benzene rings is 2. The molecule has 0 aliphatic carbocycles. The number of carbonyl (C=O) groups is 1. The number of carbonyl (C=O) groups excluding carboxylic acids is 1. The van der Waals surface area contributed by atoms with Crippen LogP contribution in [0.15, 0.2) is 53.4 Å². The molecule has 0 aromatic heterocycles. The van der Waals surface area contributed by atoms with Crippen molar-refractivity contribution in [3.8, 4) is 0 Å². The molecular weight excluding hydrogens is 376 g/mol. The van der Waals surface area contributed by atoms with Crippen molar-refractivity contribution in [3.63, 3.8) is 0 Å². The lowest BCUT2D eigenvalue weighted by molar-refractivity contribution is 0.102. The third-order valence-corrected chi connectivity index (χ3v) is 6.80. The Morgan fingerprint density at radius 1 is 1.11 bits per heavy atom. The molecule has 3 rings (SSSR count). The molecule has 1 fully saturated rings. The van der Waals surface area contributed by atoms with Crippen molar-refractivity contribution < 1.29 is 18.3 Å². The average Bonchev–Trinajstić information content (AvgIpc) is 2.67. The van der Waals surface area contributed by atoms with Crippen LogP contribution in [0, 0.1) is 11.8 Å². The predicted molar refractivity (Wildman–Crippen MR) is 108 cm³/mol. The van der Waals surface area contributed by atoms with E-state index in [2.05, 4.69) is 19.2 Å². The van der Waals surface area contributed by atoms with E-state index in [4.69, 9.17) is 0 Å². The van der Waals surface area contributed by atoms with Crippen LogP contribution in [0.3, 0.4) is 0 Å². The first kappa shape index (κ1) is 20.5. The number of aliphatic hydroxyl groups excluding tert-OH is 1. The van der Waals surface area contributed by atoms with E-state index in [1.54, 1.807) is 28.6 Å². The summed E-state index contributed by atoms with van der Waals surface area (Å²) in [6, 6.07) is 12.9. The SMILES string of the molecule is C[C@H]1C[C@H](C)CN(S(=O)(=O)c2ccc(C(=O)Nc3cccc(CO)c3)cc2)C1. The van der Waals surface area contributed by atoms with Crippen LogP contribution in [-0.2, 0) is 16.6 Å². The van der Waals surface area contributed by atoms with Crippen molar-refractivity contribution in [2.45, 2.75) is 31.8 Å². The van der Waals surface area contributed by atoms with Gasteiger partial charge in [-0.1, -0.05) is 26.0 Å². The van der Waals surface area contributed by atoms with Crippen LogP contribution >= 0.6 is 0 Å². The highest BCUT2D eigenvalue weighted by atomic mass is 32.2. The van der Waals surface area contributed by atoms with Crippen molar-refractivity contribution >= 4 is 21.6 Å². The first-order valence-corrected chi connectivity index (χ1v) is 10.8. The Hall–Kier alpha value is -2.22. The van der Waals surface area contributed by atoms with E-state index < -0.39 is 10.0 Å². The number of piperidine rings is 1. The third kappa shape index (κ3) is 4.60. The minimum atomic E-state index is -3.56. The second kappa shape index (κ2) is 8.43. The van der Waals surface area contributed by atoms with E-state index in [0.717, 1.165) is 6.42 Å². The molecule has 1 amide bonds. The summed E-state index contributed by atoms with van der Waals surface area (Å²) in [5, 5.41) is 11.9. The van der Waals surface area contributed by atoms with E-state index >= 15 is 0 Å². The number of anilines is 1. The number of nitrogens with one attached hydrogen (secondary N) is 1.